The summed E-state index contributed by atoms with van der Waals surface area (Å²) in [6, 6.07) is 3.50. The normalized spacial score (nSPS) is 10.7. The third-order valence-electron chi connectivity index (χ3n) is 2.64. The van der Waals surface area contributed by atoms with Crippen molar-refractivity contribution in [2.24, 2.45) is 0 Å². The summed E-state index contributed by atoms with van der Waals surface area (Å²) in [7, 11) is 3.16. The van der Waals surface area contributed by atoms with Gasteiger partial charge in [-0.25, -0.2) is 0 Å². The molecule has 1 rings (SSSR count). The van der Waals surface area contributed by atoms with Crippen molar-refractivity contribution in [3.63, 3.8) is 0 Å². The molecule has 0 atom stereocenters. The zero-order valence-corrected chi connectivity index (χ0v) is 13.1. The smallest absolute Gasteiger partial charge is 0.174 e. The molecule has 6 heteroatoms. The quantitative estimate of drug-likeness (QED) is 0.710. The van der Waals surface area contributed by atoms with Crippen LogP contribution >= 0.6 is 11.6 Å². The molecule has 1 aromatic rings. The molecule has 0 spiro atoms. The van der Waals surface area contributed by atoms with Gasteiger partial charge in [0.05, 0.1) is 31.5 Å². The van der Waals surface area contributed by atoms with E-state index in [1.807, 2.05) is 13.8 Å². The molecule has 0 saturated carbocycles. The molecule has 0 fully saturated rings. The average Bonchev–Trinajstić information content (AvgIpc) is 2.45. The summed E-state index contributed by atoms with van der Waals surface area (Å²) in [4.78, 5) is 0. The zero-order valence-electron chi connectivity index (χ0n) is 12.4. The molecule has 114 valence electrons. The summed E-state index contributed by atoms with van der Waals surface area (Å²) in [5.41, 5.74) is 0.766. The molecule has 0 saturated heterocycles. The highest BCUT2D eigenvalue weighted by Gasteiger charge is 2.12. The highest BCUT2D eigenvalue weighted by Crippen LogP contribution is 2.35. The van der Waals surface area contributed by atoms with Gasteiger partial charge >= 0.3 is 0 Å². The van der Waals surface area contributed by atoms with E-state index < -0.39 is 0 Å². The van der Waals surface area contributed by atoms with Crippen LogP contribution in [0.5, 0.6) is 11.5 Å². The first-order valence-electron chi connectivity index (χ1n) is 6.54. The number of hydrogen-bond acceptors (Lipinski definition) is 5. The number of methoxy groups -OCH3 is 2. The van der Waals surface area contributed by atoms with Crippen LogP contribution in [0.1, 0.15) is 13.8 Å². The molecule has 0 aliphatic heterocycles. The van der Waals surface area contributed by atoms with Gasteiger partial charge in [-0.3, -0.25) is 0 Å². The molecule has 1 N–H and O–H groups in total. The molecule has 0 amide bonds. The second kappa shape index (κ2) is 8.89. The lowest BCUT2D eigenvalue weighted by atomic mass is 10.2. The highest BCUT2D eigenvalue weighted by atomic mass is 35.5. The van der Waals surface area contributed by atoms with E-state index in [2.05, 4.69) is 5.32 Å². The molecule has 0 heterocycles. The lowest BCUT2D eigenvalue weighted by molar-refractivity contribution is -0.126. The molecule has 1 aromatic carbocycles. The lowest BCUT2D eigenvalue weighted by Crippen LogP contribution is -2.26. The fourth-order valence-electron chi connectivity index (χ4n) is 1.73. The van der Waals surface area contributed by atoms with Crippen LogP contribution in [0.25, 0.3) is 0 Å². The van der Waals surface area contributed by atoms with Crippen LogP contribution in [0.2, 0.25) is 5.02 Å². The van der Waals surface area contributed by atoms with Crippen molar-refractivity contribution < 1.29 is 18.9 Å². The van der Waals surface area contributed by atoms with Crippen molar-refractivity contribution in [3.05, 3.63) is 17.2 Å². The van der Waals surface area contributed by atoms with Gasteiger partial charge in [-0.2, -0.15) is 0 Å². The van der Waals surface area contributed by atoms with Crippen molar-refractivity contribution in [2.75, 3.05) is 39.3 Å². The SMILES string of the molecule is CCOC(CNc1cc(Cl)c(OC)cc1OC)OCC. The standard InChI is InChI=1S/C14H22ClNO4/c1-5-19-14(20-6-2)9-16-11-7-10(15)12(17-3)8-13(11)18-4/h7-8,14,16H,5-6,9H2,1-4H3. The molecule has 20 heavy (non-hydrogen) atoms. The van der Waals surface area contributed by atoms with E-state index >= 15 is 0 Å². The van der Waals surface area contributed by atoms with Gasteiger partial charge in [-0.15, -0.1) is 0 Å². The molecule has 0 radical (unpaired) electrons. The Morgan fingerprint density at radius 2 is 1.65 bits per heavy atom. The number of nitrogens with one attached hydrogen (secondary N) is 1. The van der Waals surface area contributed by atoms with Crippen LogP contribution in [0.15, 0.2) is 12.1 Å². The van der Waals surface area contributed by atoms with Gasteiger partial charge in [-0.05, 0) is 19.9 Å². The molecule has 0 unspecified atom stereocenters. The second-order valence-electron chi connectivity index (χ2n) is 3.91. The number of benzene rings is 1. The Labute approximate surface area is 125 Å². The van der Waals surface area contributed by atoms with E-state index in [0.717, 1.165) is 5.69 Å². The maximum atomic E-state index is 6.11. The molecule has 0 aliphatic rings. The van der Waals surface area contributed by atoms with Crippen LogP contribution in [-0.2, 0) is 9.47 Å². The molecule has 0 aliphatic carbocycles. The average molecular weight is 304 g/mol. The Morgan fingerprint density at radius 3 is 2.15 bits per heavy atom. The third-order valence-corrected chi connectivity index (χ3v) is 2.93. The fraction of sp³-hybridized carbons (Fsp3) is 0.571. The Bertz CT molecular complexity index is 408. The predicted octanol–water partition coefficient (Wildman–Crippen LogP) is 3.17. The van der Waals surface area contributed by atoms with Gasteiger partial charge in [0.15, 0.2) is 6.29 Å². The zero-order chi connectivity index (χ0) is 15.0. The third kappa shape index (κ3) is 4.74. The minimum absolute atomic E-state index is 0.310. The number of halogens is 1. The first-order valence-corrected chi connectivity index (χ1v) is 6.92. The second-order valence-corrected chi connectivity index (χ2v) is 4.32. The number of hydrogen-bond donors (Lipinski definition) is 1. The molecular weight excluding hydrogens is 282 g/mol. The van der Waals surface area contributed by atoms with E-state index in [1.54, 1.807) is 26.4 Å². The topological polar surface area (TPSA) is 49.0 Å². The summed E-state index contributed by atoms with van der Waals surface area (Å²) < 4.78 is 21.4. The Balaban J connectivity index is 2.77. The summed E-state index contributed by atoms with van der Waals surface area (Å²) in [5.74, 6) is 1.22. The summed E-state index contributed by atoms with van der Waals surface area (Å²) in [5, 5.41) is 3.73. The highest BCUT2D eigenvalue weighted by molar-refractivity contribution is 6.32. The van der Waals surface area contributed by atoms with Crippen LogP contribution in [0.4, 0.5) is 5.69 Å². The number of ether oxygens (including phenoxy) is 4. The van der Waals surface area contributed by atoms with Gasteiger partial charge in [0.2, 0.25) is 0 Å². The lowest BCUT2D eigenvalue weighted by Gasteiger charge is -2.19. The van der Waals surface area contributed by atoms with Crippen molar-refractivity contribution in [1.82, 2.24) is 0 Å². The van der Waals surface area contributed by atoms with E-state index in [1.165, 1.54) is 0 Å². The maximum absolute atomic E-state index is 6.11. The van der Waals surface area contributed by atoms with Crippen molar-refractivity contribution >= 4 is 17.3 Å². The van der Waals surface area contributed by atoms with Crippen molar-refractivity contribution in [1.29, 1.82) is 0 Å². The van der Waals surface area contributed by atoms with Crippen LogP contribution in [-0.4, -0.2) is 40.3 Å². The largest absolute Gasteiger partial charge is 0.495 e. The van der Waals surface area contributed by atoms with E-state index in [-0.39, 0.29) is 6.29 Å². The molecule has 5 nitrogen and oxygen atoms in total. The van der Waals surface area contributed by atoms with Crippen LogP contribution < -0.4 is 14.8 Å². The maximum Gasteiger partial charge on any atom is 0.174 e. The minimum Gasteiger partial charge on any atom is -0.495 e. The monoisotopic (exact) mass is 303 g/mol. The minimum atomic E-state index is -0.310. The molecule has 0 bridgehead atoms. The van der Waals surface area contributed by atoms with Crippen molar-refractivity contribution in [3.8, 4) is 11.5 Å². The predicted molar refractivity (Wildman–Crippen MR) is 80.1 cm³/mol. The summed E-state index contributed by atoms with van der Waals surface area (Å²) in [6.07, 6.45) is -0.310. The Morgan fingerprint density at radius 1 is 1.05 bits per heavy atom. The van der Waals surface area contributed by atoms with Crippen LogP contribution in [0.3, 0.4) is 0 Å². The first kappa shape index (κ1) is 16.9. The van der Waals surface area contributed by atoms with Gasteiger partial charge in [-0.1, -0.05) is 11.6 Å². The van der Waals surface area contributed by atoms with Gasteiger partial charge in [0.1, 0.15) is 11.5 Å². The van der Waals surface area contributed by atoms with Gasteiger partial charge in [0, 0.05) is 19.3 Å². The first-order chi connectivity index (χ1) is 9.65. The summed E-state index contributed by atoms with van der Waals surface area (Å²) in [6.45, 7) is 5.54. The van der Waals surface area contributed by atoms with Gasteiger partial charge in [0.25, 0.3) is 0 Å². The van der Waals surface area contributed by atoms with Crippen LogP contribution in [0, 0.1) is 0 Å². The summed E-state index contributed by atoms with van der Waals surface area (Å²) >= 11 is 6.11. The Kier molecular flexibility index (Phi) is 7.51. The Hall–Kier alpha value is -1.17. The fourth-order valence-corrected chi connectivity index (χ4v) is 1.97. The van der Waals surface area contributed by atoms with Crippen molar-refractivity contribution in [2.45, 2.75) is 20.1 Å². The van der Waals surface area contributed by atoms with E-state index in [9.17, 15) is 0 Å². The number of rotatable bonds is 9. The molecular formula is C14H22ClNO4. The van der Waals surface area contributed by atoms with E-state index in [0.29, 0.717) is 36.3 Å². The molecule has 0 aromatic heterocycles. The van der Waals surface area contributed by atoms with E-state index in [4.69, 9.17) is 30.5 Å². The van der Waals surface area contributed by atoms with Gasteiger partial charge < -0.3 is 24.3 Å². The number of anilines is 1.